The molecule has 31 heavy (non-hydrogen) atoms. The SMILES string of the molecule is O=C(Nc1ccc([N+](=O)[O-])cc1)N(c1ccccc1)c1cc(N2CCOCC2)ccn1. The van der Waals surface area contributed by atoms with Crippen molar-refractivity contribution in [1.29, 1.82) is 0 Å². The van der Waals surface area contributed by atoms with Crippen LogP contribution in [-0.2, 0) is 4.74 Å². The molecule has 2 heterocycles. The summed E-state index contributed by atoms with van der Waals surface area (Å²) < 4.78 is 5.42. The molecular formula is C22H21N5O4. The molecule has 0 aliphatic carbocycles. The summed E-state index contributed by atoms with van der Waals surface area (Å²) >= 11 is 0. The standard InChI is InChI=1S/C22H21N5O4/c28-22(24-17-6-8-19(9-7-17)27(29)30)26(18-4-2-1-3-5-18)21-16-20(10-11-23-21)25-12-14-31-15-13-25/h1-11,16H,12-15H2,(H,24,28). The zero-order valence-electron chi connectivity index (χ0n) is 16.7. The summed E-state index contributed by atoms with van der Waals surface area (Å²) in [7, 11) is 0. The number of aromatic nitrogens is 1. The number of hydrogen-bond donors (Lipinski definition) is 1. The molecule has 0 bridgehead atoms. The van der Waals surface area contributed by atoms with E-state index >= 15 is 0 Å². The number of non-ortho nitro benzene ring substituents is 1. The molecule has 0 atom stereocenters. The molecule has 2 amide bonds. The molecule has 0 radical (unpaired) electrons. The molecule has 9 nitrogen and oxygen atoms in total. The molecule has 1 aliphatic heterocycles. The third kappa shape index (κ3) is 4.78. The second-order valence-electron chi connectivity index (χ2n) is 6.88. The lowest BCUT2D eigenvalue weighted by Crippen LogP contribution is -2.36. The second kappa shape index (κ2) is 9.23. The molecular weight excluding hydrogens is 398 g/mol. The fraction of sp³-hybridized carbons (Fsp3) is 0.182. The van der Waals surface area contributed by atoms with Gasteiger partial charge >= 0.3 is 6.03 Å². The molecule has 0 unspecified atom stereocenters. The number of nitro groups is 1. The first kappa shape index (κ1) is 20.3. The highest BCUT2D eigenvalue weighted by atomic mass is 16.6. The predicted molar refractivity (Wildman–Crippen MR) is 118 cm³/mol. The van der Waals surface area contributed by atoms with E-state index in [-0.39, 0.29) is 5.69 Å². The highest BCUT2D eigenvalue weighted by molar-refractivity contribution is 6.06. The Kier molecular flexibility index (Phi) is 6.04. The number of nitrogens with zero attached hydrogens (tertiary/aromatic N) is 4. The van der Waals surface area contributed by atoms with Gasteiger partial charge in [0.25, 0.3) is 5.69 Å². The summed E-state index contributed by atoms with van der Waals surface area (Å²) in [6, 6.07) is 18.2. The molecule has 1 fully saturated rings. The number of carbonyl (C=O) groups is 1. The van der Waals surface area contributed by atoms with E-state index in [4.69, 9.17) is 4.74 Å². The number of nitrogens with one attached hydrogen (secondary N) is 1. The van der Waals surface area contributed by atoms with Gasteiger partial charge < -0.3 is 15.0 Å². The number of ether oxygens (including phenoxy) is 1. The first-order chi connectivity index (χ1) is 15.1. The summed E-state index contributed by atoms with van der Waals surface area (Å²) in [4.78, 5) is 31.7. The summed E-state index contributed by atoms with van der Waals surface area (Å²) in [6.07, 6.45) is 1.68. The molecule has 1 N–H and O–H groups in total. The number of pyridine rings is 1. The van der Waals surface area contributed by atoms with Gasteiger partial charge in [-0.2, -0.15) is 0 Å². The Labute approximate surface area is 179 Å². The molecule has 3 aromatic rings. The summed E-state index contributed by atoms with van der Waals surface area (Å²) in [5.74, 6) is 0.467. The van der Waals surface area contributed by atoms with Crippen LogP contribution in [0.15, 0.2) is 72.9 Å². The lowest BCUT2D eigenvalue weighted by molar-refractivity contribution is -0.384. The van der Waals surface area contributed by atoms with Crippen LogP contribution in [0.4, 0.5) is 33.4 Å². The Morgan fingerprint density at radius 2 is 1.77 bits per heavy atom. The fourth-order valence-electron chi connectivity index (χ4n) is 3.32. The van der Waals surface area contributed by atoms with Crippen molar-refractivity contribution in [2.45, 2.75) is 0 Å². The number of carbonyl (C=O) groups excluding carboxylic acids is 1. The van der Waals surface area contributed by atoms with Crippen LogP contribution < -0.4 is 15.1 Å². The first-order valence-corrected chi connectivity index (χ1v) is 9.81. The van der Waals surface area contributed by atoms with Crippen molar-refractivity contribution in [2.24, 2.45) is 0 Å². The maximum atomic E-state index is 13.2. The predicted octanol–water partition coefficient (Wildman–Crippen LogP) is 4.20. The van der Waals surface area contributed by atoms with Gasteiger partial charge in [0.15, 0.2) is 0 Å². The number of rotatable bonds is 5. The smallest absolute Gasteiger partial charge is 0.332 e. The van der Waals surface area contributed by atoms with Crippen LogP contribution >= 0.6 is 0 Å². The zero-order valence-corrected chi connectivity index (χ0v) is 16.7. The van der Waals surface area contributed by atoms with Crippen LogP contribution in [0.2, 0.25) is 0 Å². The Hall–Kier alpha value is -3.98. The van der Waals surface area contributed by atoms with E-state index in [2.05, 4.69) is 15.2 Å². The maximum absolute atomic E-state index is 13.2. The minimum absolute atomic E-state index is 0.0437. The van der Waals surface area contributed by atoms with Crippen molar-refractivity contribution in [3.05, 3.63) is 83.0 Å². The minimum Gasteiger partial charge on any atom is -0.378 e. The molecule has 158 valence electrons. The number of anilines is 4. The Bertz CT molecular complexity index is 1050. The van der Waals surface area contributed by atoms with Crippen molar-refractivity contribution < 1.29 is 14.5 Å². The van der Waals surface area contributed by atoms with E-state index in [9.17, 15) is 14.9 Å². The van der Waals surface area contributed by atoms with Gasteiger partial charge in [0, 0.05) is 48.9 Å². The first-order valence-electron chi connectivity index (χ1n) is 9.81. The zero-order chi connectivity index (χ0) is 21.6. The number of nitro benzene ring substituents is 1. The van der Waals surface area contributed by atoms with E-state index in [1.165, 1.54) is 29.2 Å². The number of hydrogen-bond acceptors (Lipinski definition) is 6. The van der Waals surface area contributed by atoms with Crippen LogP contribution in [0.3, 0.4) is 0 Å². The summed E-state index contributed by atoms with van der Waals surface area (Å²) in [6.45, 7) is 2.84. The lowest BCUT2D eigenvalue weighted by Gasteiger charge is -2.30. The Morgan fingerprint density at radius 1 is 1.06 bits per heavy atom. The fourth-order valence-corrected chi connectivity index (χ4v) is 3.32. The van der Waals surface area contributed by atoms with E-state index in [0.29, 0.717) is 30.4 Å². The van der Waals surface area contributed by atoms with Gasteiger partial charge in [-0.3, -0.25) is 10.1 Å². The van der Waals surface area contributed by atoms with Crippen molar-refractivity contribution in [1.82, 2.24) is 4.98 Å². The molecule has 1 aliphatic rings. The van der Waals surface area contributed by atoms with E-state index in [1.807, 2.05) is 42.5 Å². The summed E-state index contributed by atoms with van der Waals surface area (Å²) in [5.41, 5.74) is 2.00. The maximum Gasteiger partial charge on any atom is 0.332 e. The normalized spacial score (nSPS) is 13.5. The number of urea groups is 1. The van der Waals surface area contributed by atoms with Gasteiger partial charge in [-0.25, -0.2) is 14.7 Å². The largest absolute Gasteiger partial charge is 0.378 e. The third-order valence-electron chi connectivity index (χ3n) is 4.88. The minimum atomic E-state index is -0.483. The molecule has 0 spiro atoms. The second-order valence-corrected chi connectivity index (χ2v) is 6.88. The van der Waals surface area contributed by atoms with Crippen LogP contribution in [0.5, 0.6) is 0 Å². The number of amides is 2. The third-order valence-corrected chi connectivity index (χ3v) is 4.88. The highest BCUT2D eigenvalue weighted by Crippen LogP contribution is 2.28. The van der Waals surface area contributed by atoms with Gasteiger partial charge in [0.2, 0.25) is 0 Å². The van der Waals surface area contributed by atoms with E-state index in [0.717, 1.165) is 18.8 Å². The Balaban J connectivity index is 1.63. The molecule has 1 aromatic heterocycles. The Morgan fingerprint density at radius 3 is 2.45 bits per heavy atom. The van der Waals surface area contributed by atoms with Crippen LogP contribution in [-0.4, -0.2) is 42.2 Å². The van der Waals surface area contributed by atoms with E-state index < -0.39 is 11.0 Å². The average Bonchev–Trinajstić information content (AvgIpc) is 2.81. The highest BCUT2D eigenvalue weighted by Gasteiger charge is 2.21. The van der Waals surface area contributed by atoms with Gasteiger partial charge in [-0.15, -0.1) is 0 Å². The molecule has 9 heteroatoms. The van der Waals surface area contributed by atoms with Crippen molar-refractivity contribution in [3.63, 3.8) is 0 Å². The van der Waals surface area contributed by atoms with E-state index in [1.54, 1.807) is 6.20 Å². The number of para-hydroxylation sites is 1. The van der Waals surface area contributed by atoms with Crippen LogP contribution in [0.1, 0.15) is 0 Å². The lowest BCUT2D eigenvalue weighted by atomic mass is 10.2. The van der Waals surface area contributed by atoms with Gasteiger partial charge in [-0.1, -0.05) is 18.2 Å². The van der Waals surface area contributed by atoms with Gasteiger partial charge in [0.05, 0.1) is 23.8 Å². The van der Waals surface area contributed by atoms with Crippen molar-refractivity contribution in [3.8, 4) is 0 Å². The molecule has 4 rings (SSSR count). The van der Waals surface area contributed by atoms with Crippen LogP contribution in [0.25, 0.3) is 0 Å². The molecule has 1 saturated heterocycles. The van der Waals surface area contributed by atoms with Gasteiger partial charge in [-0.05, 0) is 30.3 Å². The quantitative estimate of drug-likeness (QED) is 0.491. The number of morpholine rings is 1. The van der Waals surface area contributed by atoms with Crippen molar-refractivity contribution in [2.75, 3.05) is 41.4 Å². The number of benzene rings is 2. The summed E-state index contributed by atoms with van der Waals surface area (Å²) in [5, 5.41) is 13.7. The van der Waals surface area contributed by atoms with Crippen molar-refractivity contribution >= 4 is 34.6 Å². The van der Waals surface area contributed by atoms with Gasteiger partial charge in [0.1, 0.15) is 5.82 Å². The average molecular weight is 419 g/mol. The van der Waals surface area contributed by atoms with Crippen LogP contribution in [0, 0.1) is 10.1 Å². The molecule has 0 saturated carbocycles. The molecule has 2 aromatic carbocycles. The monoisotopic (exact) mass is 419 g/mol. The topological polar surface area (TPSA) is 101 Å².